The van der Waals surface area contributed by atoms with Crippen LogP contribution in [0, 0.1) is 0 Å². The molecule has 0 spiro atoms. The second kappa shape index (κ2) is 8.40. The number of rotatable bonds is 8. The maximum absolute atomic E-state index is 6.07. The highest BCUT2D eigenvalue weighted by Crippen LogP contribution is 2.28. The van der Waals surface area contributed by atoms with Crippen molar-refractivity contribution in [1.29, 1.82) is 0 Å². The van der Waals surface area contributed by atoms with Gasteiger partial charge in [0.1, 0.15) is 16.9 Å². The molecule has 0 aliphatic rings. The highest BCUT2D eigenvalue weighted by Gasteiger charge is 2.15. The number of nitrogens with zero attached hydrogens (tertiary/aromatic N) is 1. The number of halogens is 1. The maximum atomic E-state index is 6.07. The highest BCUT2D eigenvalue weighted by molar-refractivity contribution is 7.09. The van der Waals surface area contributed by atoms with Crippen LogP contribution in [0.3, 0.4) is 0 Å². The van der Waals surface area contributed by atoms with Crippen molar-refractivity contribution < 1.29 is 4.74 Å². The summed E-state index contributed by atoms with van der Waals surface area (Å²) in [6, 6.07) is 8.43. The van der Waals surface area contributed by atoms with E-state index in [1.54, 1.807) is 11.3 Å². The van der Waals surface area contributed by atoms with Gasteiger partial charge in [0.2, 0.25) is 0 Å². The van der Waals surface area contributed by atoms with Crippen LogP contribution in [0.2, 0.25) is 0 Å². The number of benzene rings is 1. The van der Waals surface area contributed by atoms with Gasteiger partial charge in [-0.3, -0.25) is 0 Å². The smallest absolute Gasteiger partial charge is 0.150 e. The number of aryl methyl sites for hydroxylation is 1. The van der Waals surface area contributed by atoms with Gasteiger partial charge in [-0.05, 0) is 37.0 Å². The lowest BCUT2D eigenvalue weighted by Gasteiger charge is -2.15. The molecule has 0 amide bonds. The van der Waals surface area contributed by atoms with Crippen molar-refractivity contribution in [2.24, 2.45) is 0 Å². The average molecular weight is 324 g/mol. The van der Waals surface area contributed by atoms with Crippen LogP contribution in [0.5, 0.6) is 5.75 Å². The molecule has 1 atom stereocenters. The Hall–Kier alpha value is -1.06. The zero-order valence-corrected chi connectivity index (χ0v) is 14.2. The number of alkyl halides is 1. The van der Waals surface area contributed by atoms with Crippen molar-refractivity contribution in [3.8, 4) is 5.75 Å². The molecule has 1 unspecified atom stereocenters. The Morgan fingerprint density at radius 1 is 1.24 bits per heavy atom. The Bertz CT molecular complexity index is 538. The number of ether oxygens (including phenoxy) is 1. The van der Waals surface area contributed by atoms with Crippen LogP contribution in [-0.2, 0) is 12.3 Å². The molecule has 0 saturated heterocycles. The number of hydrogen-bond donors (Lipinski definition) is 0. The minimum absolute atomic E-state index is 0.00783. The van der Waals surface area contributed by atoms with Gasteiger partial charge >= 0.3 is 0 Å². The van der Waals surface area contributed by atoms with Crippen molar-refractivity contribution >= 4 is 22.9 Å². The molecule has 4 heteroatoms. The summed E-state index contributed by atoms with van der Waals surface area (Å²) in [5, 5.41) is 3.01. The van der Waals surface area contributed by atoms with Crippen LogP contribution in [0.25, 0.3) is 0 Å². The first-order chi connectivity index (χ1) is 10.3. The molecular formula is C17H22ClNOS. The molecule has 1 heterocycles. The summed E-state index contributed by atoms with van der Waals surface area (Å²) in [5.41, 5.74) is 2.30. The second-order valence-corrected chi connectivity index (χ2v) is 6.23. The van der Waals surface area contributed by atoms with Crippen molar-refractivity contribution in [3.63, 3.8) is 0 Å². The van der Waals surface area contributed by atoms with E-state index in [9.17, 15) is 0 Å². The van der Waals surface area contributed by atoms with E-state index in [-0.39, 0.29) is 6.10 Å². The molecule has 2 rings (SSSR count). The molecule has 0 bridgehead atoms. The molecule has 2 nitrogen and oxygen atoms in total. The molecule has 0 aliphatic carbocycles. The van der Waals surface area contributed by atoms with E-state index < -0.39 is 0 Å². The van der Waals surface area contributed by atoms with Crippen molar-refractivity contribution in [3.05, 3.63) is 45.9 Å². The van der Waals surface area contributed by atoms with Crippen LogP contribution in [0.15, 0.2) is 29.6 Å². The van der Waals surface area contributed by atoms with Crippen molar-refractivity contribution in [2.75, 3.05) is 0 Å². The molecule has 0 aliphatic heterocycles. The fraction of sp³-hybridized carbons (Fsp3) is 0.471. The second-order valence-electron chi connectivity index (χ2n) is 5.07. The van der Waals surface area contributed by atoms with Crippen LogP contribution in [-0.4, -0.2) is 4.98 Å². The van der Waals surface area contributed by atoms with Gasteiger partial charge in [0.15, 0.2) is 0 Å². The summed E-state index contributed by atoms with van der Waals surface area (Å²) in [4.78, 5) is 4.52. The molecule has 0 N–H and O–H groups in total. The normalized spacial score (nSPS) is 12.3. The molecule has 1 aromatic heterocycles. The Labute approximate surface area is 136 Å². The third-order valence-corrected chi connectivity index (χ3v) is 4.63. The van der Waals surface area contributed by atoms with E-state index in [1.807, 2.05) is 5.38 Å². The molecule has 1 aromatic carbocycles. The minimum Gasteiger partial charge on any atom is -0.483 e. The third-order valence-electron chi connectivity index (χ3n) is 3.37. The van der Waals surface area contributed by atoms with E-state index in [0.29, 0.717) is 5.88 Å². The molecule has 114 valence electrons. The average Bonchev–Trinajstić information content (AvgIpc) is 3.00. The number of aromatic nitrogens is 1. The van der Waals surface area contributed by atoms with Gasteiger partial charge in [-0.2, -0.15) is 0 Å². The Balaban J connectivity index is 2.01. The molecule has 0 fully saturated rings. The summed E-state index contributed by atoms with van der Waals surface area (Å²) in [7, 11) is 0. The maximum Gasteiger partial charge on any atom is 0.150 e. The van der Waals surface area contributed by atoms with E-state index in [1.165, 1.54) is 18.4 Å². The van der Waals surface area contributed by atoms with Gasteiger partial charge in [-0.25, -0.2) is 4.98 Å². The van der Waals surface area contributed by atoms with Gasteiger partial charge in [-0.15, -0.1) is 22.9 Å². The fourth-order valence-electron chi connectivity index (χ4n) is 2.12. The molecule has 0 saturated carbocycles. The Morgan fingerprint density at radius 3 is 2.57 bits per heavy atom. The molecular weight excluding hydrogens is 302 g/mol. The van der Waals surface area contributed by atoms with E-state index in [0.717, 1.165) is 29.3 Å². The fourth-order valence-corrected chi connectivity index (χ4v) is 3.28. The Morgan fingerprint density at radius 2 is 2.00 bits per heavy atom. The SMILES string of the molecule is CCCCc1ccc(OC(CC)c2nc(CCl)cs2)cc1. The Kier molecular flexibility index (Phi) is 6.52. The van der Waals surface area contributed by atoms with E-state index in [2.05, 4.69) is 43.1 Å². The number of hydrogen-bond acceptors (Lipinski definition) is 3. The molecule has 0 radical (unpaired) electrons. The summed E-state index contributed by atoms with van der Waals surface area (Å²) >= 11 is 7.43. The molecule has 2 aromatic rings. The van der Waals surface area contributed by atoms with Crippen molar-refractivity contribution in [2.45, 2.75) is 51.5 Å². The van der Waals surface area contributed by atoms with Crippen LogP contribution < -0.4 is 4.74 Å². The van der Waals surface area contributed by atoms with Crippen LogP contribution in [0.1, 0.15) is 55.5 Å². The monoisotopic (exact) mass is 323 g/mol. The van der Waals surface area contributed by atoms with E-state index in [4.69, 9.17) is 16.3 Å². The standard InChI is InChI=1S/C17H22ClNOS/c1-3-5-6-13-7-9-15(10-8-13)20-16(4-2)17-19-14(11-18)12-21-17/h7-10,12,16H,3-6,11H2,1-2H3. The summed E-state index contributed by atoms with van der Waals surface area (Å²) in [6.45, 7) is 4.33. The lowest BCUT2D eigenvalue weighted by molar-refractivity contribution is 0.200. The van der Waals surface area contributed by atoms with Gasteiger partial charge in [0.25, 0.3) is 0 Å². The predicted octanol–water partition coefficient (Wildman–Crippen LogP) is 5.75. The van der Waals surface area contributed by atoms with Gasteiger partial charge in [0.05, 0.1) is 11.6 Å². The zero-order valence-electron chi connectivity index (χ0n) is 12.6. The topological polar surface area (TPSA) is 22.1 Å². The first-order valence-corrected chi connectivity index (χ1v) is 8.94. The van der Waals surface area contributed by atoms with E-state index >= 15 is 0 Å². The summed E-state index contributed by atoms with van der Waals surface area (Å²) in [5.74, 6) is 1.36. The van der Waals surface area contributed by atoms with Crippen molar-refractivity contribution in [1.82, 2.24) is 4.98 Å². The number of unbranched alkanes of at least 4 members (excludes halogenated alkanes) is 1. The van der Waals surface area contributed by atoms with Gasteiger partial charge in [0, 0.05) is 5.38 Å². The highest BCUT2D eigenvalue weighted by atomic mass is 35.5. The van der Waals surface area contributed by atoms with Gasteiger partial charge in [-0.1, -0.05) is 32.4 Å². The van der Waals surface area contributed by atoms with Crippen LogP contribution >= 0.6 is 22.9 Å². The first-order valence-electron chi connectivity index (χ1n) is 7.52. The lowest BCUT2D eigenvalue weighted by atomic mass is 10.1. The third kappa shape index (κ3) is 4.72. The number of thiazole rings is 1. The van der Waals surface area contributed by atoms with Crippen LogP contribution in [0.4, 0.5) is 0 Å². The van der Waals surface area contributed by atoms with Gasteiger partial charge < -0.3 is 4.74 Å². The largest absolute Gasteiger partial charge is 0.483 e. The predicted molar refractivity (Wildman–Crippen MR) is 90.4 cm³/mol. The summed E-state index contributed by atoms with van der Waals surface area (Å²) in [6.07, 6.45) is 4.50. The molecule has 21 heavy (non-hydrogen) atoms. The first kappa shape index (κ1) is 16.3. The quantitative estimate of drug-likeness (QED) is 0.577. The summed E-state index contributed by atoms with van der Waals surface area (Å²) < 4.78 is 6.07. The minimum atomic E-state index is 0.00783. The zero-order chi connectivity index (χ0) is 15.1. The lowest BCUT2D eigenvalue weighted by Crippen LogP contribution is -2.06.